The molecule has 8 nitrogen and oxygen atoms in total. The summed E-state index contributed by atoms with van der Waals surface area (Å²) in [4.78, 5) is 28.8. The molecule has 0 bridgehead atoms. The van der Waals surface area contributed by atoms with Crippen LogP contribution >= 0.6 is 23.1 Å². The van der Waals surface area contributed by atoms with Crippen LogP contribution in [0.4, 0.5) is 5.13 Å². The van der Waals surface area contributed by atoms with Gasteiger partial charge in [0, 0.05) is 11.3 Å². The molecule has 10 heteroatoms. The minimum atomic E-state index is -0.962. The lowest BCUT2D eigenvalue weighted by Crippen LogP contribution is -2.29. The fourth-order valence-corrected chi connectivity index (χ4v) is 7.74. The van der Waals surface area contributed by atoms with Crippen molar-refractivity contribution in [3.05, 3.63) is 149 Å². The van der Waals surface area contributed by atoms with Gasteiger partial charge in [-0.2, -0.15) is 0 Å². The summed E-state index contributed by atoms with van der Waals surface area (Å²) in [5, 5.41) is 22.9. The Hall–Kier alpha value is -5.45. The SMILES string of the molecule is COc1cccc(C2/C(=C(\O)c3ccc(OCc4ccccc4C)cc3)C(=O)C(=O)N2c2nnc(SCc3cccc4ccccc34)s2)c1. The highest BCUT2D eigenvalue weighted by molar-refractivity contribution is 8.00. The van der Waals surface area contributed by atoms with Gasteiger partial charge in [0.05, 0.1) is 18.7 Å². The summed E-state index contributed by atoms with van der Waals surface area (Å²) in [6.45, 7) is 2.42. The van der Waals surface area contributed by atoms with Gasteiger partial charge in [0.1, 0.15) is 23.9 Å². The van der Waals surface area contributed by atoms with Crippen molar-refractivity contribution in [1.29, 1.82) is 0 Å². The van der Waals surface area contributed by atoms with Crippen LogP contribution in [0.2, 0.25) is 0 Å². The molecular weight excluding hydrogens is 655 g/mol. The molecule has 1 aliphatic heterocycles. The molecule has 1 saturated heterocycles. The lowest BCUT2D eigenvalue weighted by Gasteiger charge is -2.23. The monoisotopic (exact) mass is 685 g/mol. The Morgan fingerprint density at radius 2 is 1.59 bits per heavy atom. The van der Waals surface area contributed by atoms with Crippen LogP contribution in [0.15, 0.2) is 125 Å². The summed E-state index contributed by atoms with van der Waals surface area (Å²) >= 11 is 2.74. The molecule has 49 heavy (non-hydrogen) atoms. The van der Waals surface area contributed by atoms with Crippen molar-refractivity contribution in [2.75, 3.05) is 12.0 Å². The van der Waals surface area contributed by atoms with E-state index in [4.69, 9.17) is 9.47 Å². The number of hydrogen-bond acceptors (Lipinski definition) is 9. The van der Waals surface area contributed by atoms with Crippen LogP contribution in [0.5, 0.6) is 11.5 Å². The molecule has 0 aliphatic carbocycles. The summed E-state index contributed by atoms with van der Waals surface area (Å²) in [7, 11) is 1.54. The van der Waals surface area contributed by atoms with Crippen LogP contribution in [0.25, 0.3) is 16.5 Å². The van der Waals surface area contributed by atoms with E-state index in [1.807, 2.05) is 49.4 Å². The molecule has 0 radical (unpaired) electrons. The lowest BCUT2D eigenvalue weighted by atomic mass is 9.95. The first-order chi connectivity index (χ1) is 23.9. The lowest BCUT2D eigenvalue weighted by molar-refractivity contribution is -0.132. The highest BCUT2D eigenvalue weighted by Gasteiger charge is 2.48. The summed E-state index contributed by atoms with van der Waals surface area (Å²) in [5.41, 5.74) is 4.26. The van der Waals surface area contributed by atoms with Crippen LogP contribution in [0.3, 0.4) is 0 Å². The second kappa shape index (κ2) is 14.0. The van der Waals surface area contributed by atoms with Gasteiger partial charge in [0.2, 0.25) is 5.13 Å². The van der Waals surface area contributed by atoms with E-state index < -0.39 is 17.7 Å². The first-order valence-corrected chi connectivity index (χ1v) is 17.4. The van der Waals surface area contributed by atoms with E-state index in [9.17, 15) is 14.7 Å². The van der Waals surface area contributed by atoms with Gasteiger partial charge in [-0.05, 0) is 76.3 Å². The second-order valence-corrected chi connectivity index (χ2v) is 13.6. The van der Waals surface area contributed by atoms with Crippen molar-refractivity contribution < 1.29 is 24.2 Å². The number of nitrogens with zero attached hydrogens (tertiary/aromatic N) is 3. The quantitative estimate of drug-likeness (QED) is 0.0504. The summed E-state index contributed by atoms with van der Waals surface area (Å²) in [6.07, 6.45) is 0. The normalized spacial score (nSPS) is 15.6. The third kappa shape index (κ3) is 6.53. The van der Waals surface area contributed by atoms with Gasteiger partial charge >= 0.3 is 5.91 Å². The number of aliphatic hydroxyl groups is 1. The van der Waals surface area contributed by atoms with Crippen molar-refractivity contribution in [3.8, 4) is 11.5 Å². The Morgan fingerprint density at radius 1 is 0.857 bits per heavy atom. The van der Waals surface area contributed by atoms with Gasteiger partial charge in [-0.25, -0.2) is 0 Å². The Bertz CT molecular complexity index is 2210. The maximum absolute atomic E-state index is 13.7. The molecule has 1 amide bonds. The van der Waals surface area contributed by atoms with Gasteiger partial charge in [-0.15, -0.1) is 10.2 Å². The van der Waals surface area contributed by atoms with Crippen molar-refractivity contribution in [1.82, 2.24) is 10.2 Å². The first-order valence-electron chi connectivity index (χ1n) is 15.6. The third-order valence-corrected chi connectivity index (χ3v) is 10.6. The number of Topliss-reactive ketones (excluding diaryl/α,β-unsaturated/α-hetero) is 1. The van der Waals surface area contributed by atoms with Gasteiger partial charge < -0.3 is 14.6 Å². The molecular formula is C39H31N3O5S2. The van der Waals surface area contributed by atoms with Gasteiger partial charge in [-0.1, -0.05) is 102 Å². The number of methoxy groups -OCH3 is 1. The number of benzene rings is 5. The largest absolute Gasteiger partial charge is 0.507 e. The van der Waals surface area contributed by atoms with E-state index in [-0.39, 0.29) is 16.5 Å². The minimum absolute atomic E-state index is 0.0491. The number of aromatic nitrogens is 2. The number of thioether (sulfide) groups is 1. The fourth-order valence-electron chi connectivity index (χ4n) is 5.87. The van der Waals surface area contributed by atoms with Gasteiger partial charge in [0.15, 0.2) is 4.34 Å². The zero-order valence-electron chi connectivity index (χ0n) is 26.7. The fraction of sp³-hybridized carbons (Fsp3) is 0.128. The third-order valence-electron chi connectivity index (χ3n) is 8.47. The number of aliphatic hydroxyl groups excluding tert-OH is 1. The van der Waals surface area contributed by atoms with E-state index in [1.165, 1.54) is 28.0 Å². The van der Waals surface area contributed by atoms with Crippen LogP contribution in [0.1, 0.15) is 33.9 Å². The Morgan fingerprint density at radius 3 is 2.41 bits per heavy atom. The number of amides is 1. The van der Waals surface area contributed by atoms with Gasteiger partial charge in [-0.3, -0.25) is 14.5 Å². The predicted octanol–water partition coefficient (Wildman–Crippen LogP) is 8.51. The maximum Gasteiger partial charge on any atom is 0.301 e. The van der Waals surface area contributed by atoms with Crippen molar-refractivity contribution in [2.45, 2.75) is 29.7 Å². The number of aryl methyl sites for hydroxylation is 1. The summed E-state index contributed by atoms with van der Waals surface area (Å²) in [5.74, 6) is -0.110. The number of carbonyl (C=O) groups excluding carboxylic acids is 2. The smallest absolute Gasteiger partial charge is 0.301 e. The van der Waals surface area contributed by atoms with Crippen molar-refractivity contribution in [2.24, 2.45) is 0 Å². The molecule has 0 spiro atoms. The number of hydrogen-bond donors (Lipinski definition) is 1. The number of ketones is 1. The predicted molar refractivity (Wildman–Crippen MR) is 193 cm³/mol. The number of ether oxygens (including phenoxy) is 2. The number of fused-ring (bicyclic) bond motifs is 1. The minimum Gasteiger partial charge on any atom is -0.507 e. The number of anilines is 1. The Kier molecular flexibility index (Phi) is 9.15. The van der Waals surface area contributed by atoms with Crippen molar-refractivity contribution >= 4 is 56.5 Å². The highest BCUT2D eigenvalue weighted by atomic mass is 32.2. The van der Waals surface area contributed by atoms with Crippen LogP contribution < -0.4 is 14.4 Å². The average molecular weight is 686 g/mol. The Labute approximate surface area is 291 Å². The molecule has 5 aromatic carbocycles. The molecule has 2 heterocycles. The zero-order chi connectivity index (χ0) is 33.9. The van der Waals surface area contributed by atoms with E-state index >= 15 is 0 Å². The van der Waals surface area contributed by atoms with Crippen molar-refractivity contribution in [3.63, 3.8) is 0 Å². The topological polar surface area (TPSA) is 102 Å². The average Bonchev–Trinajstić information content (AvgIpc) is 3.71. The zero-order valence-corrected chi connectivity index (χ0v) is 28.3. The molecule has 7 rings (SSSR count). The van der Waals surface area contributed by atoms with E-state index in [2.05, 4.69) is 34.5 Å². The molecule has 0 saturated carbocycles. The standard InChI is InChI=1S/C39H31N3O5S2/c1-24-9-3-4-11-28(24)22-47-30-19-17-26(18-20-30)35(43)33-34(27-13-8-15-31(21-27)46-2)42(37(45)36(33)44)38-40-41-39(49-38)48-23-29-14-7-12-25-10-5-6-16-32(25)29/h3-21,34,43H,22-23H2,1-2H3/b35-33+. The molecule has 1 fully saturated rings. The van der Waals surface area contributed by atoms with Crippen LogP contribution in [0, 0.1) is 6.92 Å². The molecule has 244 valence electrons. The molecule has 6 aromatic rings. The molecule has 1 aromatic heterocycles. The number of rotatable bonds is 10. The Balaban J connectivity index is 1.19. The van der Waals surface area contributed by atoms with E-state index in [0.29, 0.717) is 39.3 Å². The van der Waals surface area contributed by atoms with E-state index in [0.717, 1.165) is 27.5 Å². The summed E-state index contributed by atoms with van der Waals surface area (Å²) in [6, 6.07) is 35.3. The van der Waals surface area contributed by atoms with Crippen LogP contribution in [-0.2, 0) is 21.9 Å². The molecule has 1 atom stereocenters. The van der Waals surface area contributed by atoms with E-state index in [1.54, 1.807) is 55.6 Å². The second-order valence-electron chi connectivity index (χ2n) is 11.5. The molecule has 1 unspecified atom stereocenters. The number of carbonyl (C=O) groups is 2. The molecule has 1 N–H and O–H groups in total. The summed E-state index contributed by atoms with van der Waals surface area (Å²) < 4.78 is 12.1. The highest BCUT2D eigenvalue weighted by Crippen LogP contribution is 2.45. The maximum atomic E-state index is 13.7. The first kappa shape index (κ1) is 32.1. The molecule has 1 aliphatic rings. The van der Waals surface area contributed by atoms with Gasteiger partial charge in [0.25, 0.3) is 5.78 Å². The van der Waals surface area contributed by atoms with Crippen LogP contribution in [-0.4, -0.2) is 34.1 Å².